The van der Waals surface area contributed by atoms with E-state index in [0.29, 0.717) is 5.92 Å². The van der Waals surface area contributed by atoms with E-state index in [2.05, 4.69) is 5.32 Å². The van der Waals surface area contributed by atoms with Crippen LogP contribution in [0.4, 0.5) is 4.79 Å². The first kappa shape index (κ1) is 16.5. The fourth-order valence-electron chi connectivity index (χ4n) is 2.22. The molecule has 1 aliphatic carbocycles. The molecule has 0 spiro atoms. The van der Waals surface area contributed by atoms with Crippen LogP contribution in [0.3, 0.4) is 0 Å². The maximum Gasteiger partial charge on any atom is 0.412 e. The van der Waals surface area contributed by atoms with Crippen molar-refractivity contribution >= 4 is 12.1 Å². The number of rotatable bonds is 3. The van der Waals surface area contributed by atoms with Gasteiger partial charge in [0.05, 0.1) is 7.11 Å². The van der Waals surface area contributed by atoms with Gasteiger partial charge in [-0.05, 0) is 39.5 Å². The van der Waals surface area contributed by atoms with Crippen LogP contribution in [-0.2, 0) is 14.3 Å². The minimum absolute atomic E-state index is 0.175. The minimum atomic E-state index is -0.634. The Hall–Kier alpha value is -1.52. The fourth-order valence-corrected chi connectivity index (χ4v) is 2.22. The molecule has 0 bridgehead atoms. The Morgan fingerprint density at radius 2 is 1.75 bits per heavy atom. The van der Waals surface area contributed by atoms with E-state index in [4.69, 9.17) is 9.47 Å². The van der Waals surface area contributed by atoms with E-state index in [-0.39, 0.29) is 5.70 Å². The SMILES string of the molecule is COC(=O)/C(=C/C1CCCCC1)NC(=O)OC(C)(C)C. The molecule has 0 aliphatic heterocycles. The zero-order valence-corrected chi connectivity index (χ0v) is 12.8. The van der Waals surface area contributed by atoms with E-state index >= 15 is 0 Å². The highest BCUT2D eigenvalue weighted by Crippen LogP contribution is 2.25. The standard InChI is InChI=1S/C15H25NO4/c1-15(2,3)20-14(18)16-12(13(17)19-4)10-11-8-6-5-7-9-11/h10-11H,5-9H2,1-4H3,(H,16,18)/b12-10-. The van der Waals surface area contributed by atoms with Crippen LogP contribution in [0.1, 0.15) is 52.9 Å². The zero-order chi connectivity index (χ0) is 15.2. The second-order valence-electron chi connectivity index (χ2n) is 6.10. The number of allylic oxidation sites excluding steroid dienone is 1. The third-order valence-corrected chi connectivity index (χ3v) is 3.09. The van der Waals surface area contributed by atoms with Crippen molar-refractivity contribution in [2.75, 3.05) is 7.11 Å². The largest absolute Gasteiger partial charge is 0.464 e. The summed E-state index contributed by atoms with van der Waals surface area (Å²) < 4.78 is 9.86. The number of esters is 1. The molecule has 0 radical (unpaired) electrons. The fraction of sp³-hybridized carbons (Fsp3) is 0.733. The average molecular weight is 283 g/mol. The van der Waals surface area contributed by atoms with Crippen LogP contribution in [0.5, 0.6) is 0 Å². The summed E-state index contributed by atoms with van der Waals surface area (Å²) in [4.78, 5) is 23.5. The van der Waals surface area contributed by atoms with Crippen molar-refractivity contribution in [1.29, 1.82) is 0 Å². The molecule has 1 saturated carbocycles. The van der Waals surface area contributed by atoms with Crippen molar-refractivity contribution in [2.24, 2.45) is 5.92 Å². The molecule has 0 aromatic carbocycles. The Kier molecular flexibility index (Phi) is 6.05. The predicted octanol–water partition coefficient (Wildman–Crippen LogP) is 3.15. The number of nitrogens with one attached hydrogen (secondary N) is 1. The van der Waals surface area contributed by atoms with E-state index in [1.807, 2.05) is 0 Å². The van der Waals surface area contributed by atoms with Crippen molar-refractivity contribution in [1.82, 2.24) is 5.32 Å². The number of ether oxygens (including phenoxy) is 2. The topological polar surface area (TPSA) is 64.6 Å². The number of amides is 1. The van der Waals surface area contributed by atoms with E-state index in [1.54, 1.807) is 26.8 Å². The van der Waals surface area contributed by atoms with Crippen LogP contribution >= 0.6 is 0 Å². The number of carbonyl (C=O) groups is 2. The lowest BCUT2D eigenvalue weighted by Gasteiger charge is -2.22. The van der Waals surface area contributed by atoms with Crippen molar-refractivity contribution in [3.05, 3.63) is 11.8 Å². The van der Waals surface area contributed by atoms with Crippen molar-refractivity contribution in [2.45, 2.75) is 58.5 Å². The van der Waals surface area contributed by atoms with Gasteiger partial charge in [0.1, 0.15) is 11.3 Å². The lowest BCUT2D eigenvalue weighted by Crippen LogP contribution is -2.34. The van der Waals surface area contributed by atoms with E-state index in [9.17, 15) is 9.59 Å². The molecule has 0 aromatic heterocycles. The van der Waals surface area contributed by atoms with Gasteiger partial charge in [-0.2, -0.15) is 0 Å². The summed E-state index contributed by atoms with van der Waals surface area (Å²) in [6.45, 7) is 5.32. The van der Waals surface area contributed by atoms with Gasteiger partial charge in [0.25, 0.3) is 0 Å². The van der Waals surface area contributed by atoms with Gasteiger partial charge in [-0.3, -0.25) is 5.32 Å². The van der Waals surface area contributed by atoms with Gasteiger partial charge in [0.15, 0.2) is 0 Å². The van der Waals surface area contributed by atoms with Gasteiger partial charge < -0.3 is 9.47 Å². The van der Waals surface area contributed by atoms with Gasteiger partial charge in [0, 0.05) is 0 Å². The highest BCUT2D eigenvalue weighted by atomic mass is 16.6. The lowest BCUT2D eigenvalue weighted by molar-refractivity contribution is -0.136. The number of hydrogen-bond donors (Lipinski definition) is 1. The van der Waals surface area contributed by atoms with E-state index in [0.717, 1.165) is 25.7 Å². The van der Waals surface area contributed by atoms with Crippen LogP contribution in [-0.4, -0.2) is 24.8 Å². The molecule has 0 saturated heterocycles. The van der Waals surface area contributed by atoms with Crippen LogP contribution in [0.25, 0.3) is 0 Å². The summed E-state index contributed by atoms with van der Waals surface area (Å²) >= 11 is 0. The van der Waals surface area contributed by atoms with Crippen LogP contribution in [0.2, 0.25) is 0 Å². The Labute approximate surface area is 120 Å². The summed E-state index contributed by atoms with van der Waals surface area (Å²) in [6.07, 6.45) is 6.79. The van der Waals surface area contributed by atoms with Crippen molar-refractivity contribution < 1.29 is 19.1 Å². The average Bonchev–Trinajstić information content (AvgIpc) is 2.36. The summed E-state index contributed by atoms with van der Waals surface area (Å²) in [5.41, 5.74) is -0.426. The lowest BCUT2D eigenvalue weighted by atomic mass is 9.88. The molecule has 1 amide bonds. The molecule has 0 aromatic rings. The maximum atomic E-state index is 11.7. The number of carbonyl (C=O) groups excluding carboxylic acids is 2. The highest BCUT2D eigenvalue weighted by molar-refractivity contribution is 5.92. The first-order valence-corrected chi connectivity index (χ1v) is 7.12. The molecule has 0 heterocycles. The predicted molar refractivity (Wildman–Crippen MR) is 76.0 cm³/mol. The summed E-state index contributed by atoms with van der Waals surface area (Å²) in [5.74, 6) is -0.228. The second kappa shape index (κ2) is 7.31. The van der Waals surface area contributed by atoms with Gasteiger partial charge in [-0.15, -0.1) is 0 Å². The number of alkyl carbamates (subject to hydrolysis) is 1. The Morgan fingerprint density at radius 1 is 1.15 bits per heavy atom. The summed E-state index contributed by atoms with van der Waals surface area (Å²) in [6, 6.07) is 0. The maximum absolute atomic E-state index is 11.7. The van der Waals surface area contributed by atoms with Gasteiger partial charge >= 0.3 is 12.1 Å². The Balaban J connectivity index is 2.71. The number of hydrogen-bond acceptors (Lipinski definition) is 4. The molecular formula is C15H25NO4. The van der Waals surface area contributed by atoms with Crippen molar-refractivity contribution in [3.63, 3.8) is 0 Å². The van der Waals surface area contributed by atoms with Gasteiger partial charge in [0.2, 0.25) is 0 Å². The third-order valence-electron chi connectivity index (χ3n) is 3.09. The molecule has 1 rings (SSSR count). The minimum Gasteiger partial charge on any atom is -0.464 e. The van der Waals surface area contributed by atoms with E-state index < -0.39 is 17.7 Å². The molecular weight excluding hydrogens is 258 g/mol. The molecule has 5 nitrogen and oxygen atoms in total. The summed E-state index contributed by atoms with van der Waals surface area (Å²) in [5, 5.41) is 2.50. The molecule has 20 heavy (non-hydrogen) atoms. The zero-order valence-electron chi connectivity index (χ0n) is 12.8. The molecule has 5 heteroatoms. The molecule has 0 unspecified atom stereocenters. The van der Waals surface area contributed by atoms with Crippen LogP contribution < -0.4 is 5.32 Å². The molecule has 1 fully saturated rings. The van der Waals surface area contributed by atoms with Gasteiger partial charge in [-0.1, -0.05) is 25.3 Å². The highest BCUT2D eigenvalue weighted by Gasteiger charge is 2.21. The second-order valence-corrected chi connectivity index (χ2v) is 6.10. The molecule has 0 atom stereocenters. The van der Waals surface area contributed by atoms with Crippen LogP contribution in [0, 0.1) is 5.92 Å². The normalized spacial score (nSPS) is 17.5. The summed E-state index contributed by atoms with van der Waals surface area (Å²) in [7, 11) is 1.30. The van der Waals surface area contributed by atoms with Crippen LogP contribution in [0.15, 0.2) is 11.8 Å². The Bertz CT molecular complexity index is 376. The smallest absolute Gasteiger partial charge is 0.412 e. The quantitative estimate of drug-likeness (QED) is 0.638. The monoisotopic (exact) mass is 283 g/mol. The first-order valence-electron chi connectivity index (χ1n) is 7.12. The molecule has 1 aliphatic rings. The van der Waals surface area contributed by atoms with Crippen molar-refractivity contribution in [3.8, 4) is 0 Å². The Morgan fingerprint density at radius 3 is 2.25 bits per heavy atom. The third kappa shape index (κ3) is 6.08. The molecule has 1 N–H and O–H groups in total. The molecule has 114 valence electrons. The number of methoxy groups -OCH3 is 1. The van der Waals surface area contributed by atoms with Gasteiger partial charge in [-0.25, -0.2) is 9.59 Å². The van der Waals surface area contributed by atoms with E-state index in [1.165, 1.54) is 13.5 Å². The first-order chi connectivity index (χ1) is 9.31.